The van der Waals surface area contributed by atoms with Gasteiger partial charge in [0.25, 0.3) is 5.91 Å². The van der Waals surface area contributed by atoms with Crippen molar-refractivity contribution in [3.8, 4) is 0 Å². The second-order valence-corrected chi connectivity index (χ2v) is 8.29. The largest absolute Gasteiger partial charge is 0.381 e. The number of carbonyl (C=O) groups is 2. The highest BCUT2D eigenvalue weighted by atomic mass is 16.5. The molecular formula is C21H31N5O3. The van der Waals surface area contributed by atoms with Crippen molar-refractivity contribution in [2.24, 2.45) is 5.92 Å². The molecule has 0 radical (unpaired) electrons. The van der Waals surface area contributed by atoms with Gasteiger partial charge in [-0.1, -0.05) is 0 Å². The van der Waals surface area contributed by atoms with Crippen LogP contribution in [-0.2, 0) is 9.53 Å². The van der Waals surface area contributed by atoms with E-state index in [0.717, 1.165) is 71.4 Å². The van der Waals surface area contributed by atoms with E-state index in [4.69, 9.17) is 4.74 Å². The molecule has 2 saturated heterocycles. The molecule has 1 aromatic rings. The van der Waals surface area contributed by atoms with Crippen LogP contribution in [0.25, 0.3) is 0 Å². The third-order valence-electron chi connectivity index (χ3n) is 6.23. The smallest absolute Gasteiger partial charge is 0.270 e. The highest BCUT2D eigenvalue weighted by Gasteiger charge is 2.37. The summed E-state index contributed by atoms with van der Waals surface area (Å²) in [6.45, 7) is 4.60. The lowest BCUT2D eigenvalue weighted by Crippen LogP contribution is -2.55. The van der Waals surface area contributed by atoms with Gasteiger partial charge < -0.3 is 15.0 Å². The molecule has 3 fully saturated rings. The lowest BCUT2D eigenvalue weighted by molar-refractivity contribution is -0.135. The van der Waals surface area contributed by atoms with Crippen LogP contribution in [0, 0.1) is 5.92 Å². The van der Waals surface area contributed by atoms with E-state index in [9.17, 15) is 9.59 Å². The molecule has 1 atom stereocenters. The van der Waals surface area contributed by atoms with E-state index in [-0.39, 0.29) is 11.8 Å². The molecule has 8 heteroatoms. The van der Waals surface area contributed by atoms with Crippen molar-refractivity contribution in [3.05, 3.63) is 24.3 Å². The number of hydrogen-bond acceptors (Lipinski definition) is 6. The number of hydrogen-bond donors (Lipinski definition) is 1. The van der Waals surface area contributed by atoms with E-state index in [1.54, 1.807) is 12.3 Å². The maximum Gasteiger partial charge on any atom is 0.270 e. The molecule has 3 heterocycles. The number of likely N-dealkylation sites (tertiary alicyclic amines) is 1. The first-order valence-electron chi connectivity index (χ1n) is 10.9. The summed E-state index contributed by atoms with van der Waals surface area (Å²) in [4.78, 5) is 37.4. The molecule has 29 heavy (non-hydrogen) atoms. The molecule has 3 aliphatic rings. The first kappa shape index (κ1) is 20.2. The second kappa shape index (κ2) is 9.63. The van der Waals surface area contributed by atoms with Gasteiger partial charge in [0, 0.05) is 63.6 Å². The fourth-order valence-electron chi connectivity index (χ4n) is 4.51. The van der Waals surface area contributed by atoms with Crippen LogP contribution < -0.4 is 5.32 Å². The van der Waals surface area contributed by atoms with Gasteiger partial charge >= 0.3 is 0 Å². The fraction of sp³-hybridized carbons (Fsp3) is 0.714. The Balaban J connectivity index is 1.36. The average Bonchev–Trinajstić information content (AvgIpc) is 3.63. The van der Waals surface area contributed by atoms with Crippen molar-refractivity contribution in [2.45, 2.75) is 50.6 Å². The zero-order valence-corrected chi connectivity index (χ0v) is 17.0. The molecule has 1 N–H and O–H groups in total. The first-order valence-corrected chi connectivity index (χ1v) is 10.9. The van der Waals surface area contributed by atoms with Crippen LogP contribution in [0.1, 0.15) is 49.0 Å². The van der Waals surface area contributed by atoms with Gasteiger partial charge in [-0.05, 0) is 44.6 Å². The highest BCUT2D eigenvalue weighted by Crippen LogP contribution is 2.32. The SMILES string of the molecule is O=C(NCCN(C1CCOCC1)C1CCCN(C(=O)C2CC2)C1)c1ccncn1. The molecule has 1 aromatic heterocycles. The number of aromatic nitrogens is 2. The Bertz CT molecular complexity index is 691. The molecule has 2 aliphatic heterocycles. The summed E-state index contributed by atoms with van der Waals surface area (Å²) in [6.07, 6.45) is 9.24. The molecule has 0 aromatic carbocycles. The van der Waals surface area contributed by atoms with Gasteiger partial charge in [0.05, 0.1) is 0 Å². The van der Waals surface area contributed by atoms with Crippen molar-refractivity contribution in [1.82, 2.24) is 25.1 Å². The molecule has 1 saturated carbocycles. The van der Waals surface area contributed by atoms with E-state index >= 15 is 0 Å². The number of ether oxygens (including phenoxy) is 1. The summed E-state index contributed by atoms with van der Waals surface area (Å²) < 4.78 is 5.56. The van der Waals surface area contributed by atoms with Crippen molar-refractivity contribution in [1.29, 1.82) is 0 Å². The minimum Gasteiger partial charge on any atom is -0.381 e. The van der Waals surface area contributed by atoms with Gasteiger partial charge in [0.15, 0.2) is 0 Å². The van der Waals surface area contributed by atoms with Crippen molar-refractivity contribution < 1.29 is 14.3 Å². The summed E-state index contributed by atoms with van der Waals surface area (Å²) in [5, 5.41) is 2.99. The third-order valence-corrected chi connectivity index (χ3v) is 6.23. The molecule has 2 amide bonds. The summed E-state index contributed by atoms with van der Waals surface area (Å²) in [5.41, 5.74) is 0.386. The van der Waals surface area contributed by atoms with Gasteiger partial charge in [-0.3, -0.25) is 14.5 Å². The molecule has 4 rings (SSSR count). The number of nitrogens with one attached hydrogen (secondary N) is 1. The van der Waals surface area contributed by atoms with E-state index in [1.807, 2.05) is 0 Å². The van der Waals surface area contributed by atoms with Gasteiger partial charge in [-0.2, -0.15) is 0 Å². The van der Waals surface area contributed by atoms with Crippen molar-refractivity contribution in [2.75, 3.05) is 39.4 Å². The molecule has 1 aliphatic carbocycles. The third kappa shape index (κ3) is 5.30. The summed E-state index contributed by atoms with van der Waals surface area (Å²) in [7, 11) is 0. The van der Waals surface area contributed by atoms with Crippen LogP contribution in [-0.4, -0.2) is 83.1 Å². The summed E-state index contributed by atoms with van der Waals surface area (Å²) in [6, 6.07) is 2.42. The summed E-state index contributed by atoms with van der Waals surface area (Å²) in [5.74, 6) is 0.449. The predicted octanol–water partition coefficient (Wildman–Crippen LogP) is 1.09. The van der Waals surface area contributed by atoms with Crippen LogP contribution in [0.2, 0.25) is 0 Å². The van der Waals surface area contributed by atoms with Gasteiger partial charge in [0.2, 0.25) is 5.91 Å². The standard InChI is InChI=1S/C21H31N5O3/c27-20(19-5-8-22-15-24-19)23-9-11-26(17-6-12-29-13-7-17)18-2-1-10-25(14-18)21(28)16-3-4-16/h5,8,15-18H,1-4,6-7,9-14H2,(H,23,27). The van der Waals surface area contributed by atoms with Crippen molar-refractivity contribution in [3.63, 3.8) is 0 Å². The predicted molar refractivity (Wildman–Crippen MR) is 107 cm³/mol. The fourth-order valence-corrected chi connectivity index (χ4v) is 4.51. The van der Waals surface area contributed by atoms with Crippen LogP contribution in [0.4, 0.5) is 0 Å². The van der Waals surface area contributed by atoms with E-state index < -0.39 is 0 Å². The van der Waals surface area contributed by atoms with Gasteiger partial charge in [-0.25, -0.2) is 9.97 Å². The quantitative estimate of drug-likeness (QED) is 0.736. The number of nitrogens with zero attached hydrogens (tertiary/aromatic N) is 4. The Labute approximate surface area is 172 Å². The number of carbonyl (C=O) groups excluding carboxylic acids is 2. The van der Waals surface area contributed by atoms with E-state index in [2.05, 4.69) is 25.1 Å². The molecular weight excluding hydrogens is 370 g/mol. The average molecular weight is 402 g/mol. The van der Waals surface area contributed by atoms with E-state index in [0.29, 0.717) is 30.2 Å². The number of piperidine rings is 1. The molecule has 158 valence electrons. The normalized spacial score (nSPS) is 23.2. The Kier molecular flexibility index (Phi) is 6.71. The van der Waals surface area contributed by atoms with Gasteiger partial charge in [0.1, 0.15) is 12.0 Å². The van der Waals surface area contributed by atoms with Crippen LogP contribution in [0.3, 0.4) is 0 Å². The maximum atomic E-state index is 12.6. The topological polar surface area (TPSA) is 87.7 Å². The lowest BCUT2D eigenvalue weighted by Gasteiger charge is -2.44. The zero-order chi connectivity index (χ0) is 20.1. The monoisotopic (exact) mass is 401 g/mol. The van der Waals surface area contributed by atoms with Crippen LogP contribution in [0.15, 0.2) is 18.6 Å². The molecule has 0 spiro atoms. The second-order valence-electron chi connectivity index (χ2n) is 8.29. The molecule has 1 unspecified atom stereocenters. The Morgan fingerprint density at radius 3 is 2.72 bits per heavy atom. The number of rotatable bonds is 7. The first-order chi connectivity index (χ1) is 14.2. The molecule has 8 nitrogen and oxygen atoms in total. The number of amides is 2. The zero-order valence-electron chi connectivity index (χ0n) is 17.0. The minimum atomic E-state index is -0.173. The summed E-state index contributed by atoms with van der Waals surface area (Å²) >= 11 is 0. The van der Waals surface area contributed by atoms with E-state index in [1.165, 1.54) is 6.33 Å². The van der Waals surface area contributed by atoms with Crippen LogP contribution >= 0.6 is 0 Å². The highest BCUT2D eigenvalue weighted by molar-refractivity contribution is 5.92. The lowest BCUT2D eigenvalue weighted by atomic mass is 9.98. The van der Waals surface area contributed by atoms with Crippen molar-refractivity contribution >= 4 is 11.8 Å². The minimum absolute atomic E-state index is 0.173. The Morgan fingerprint density at radius 2 is 2.00 bits per heavy atom. The maximum absolute atomic E-state index is 12.6. The van der Waals surface area contributed by atoms with Crippen LogP contribution in [0.5, 0.6) is 0 Å². The van der Waals surface area contributed by atoms with Gasteiger partial charge in [-0.15, -0.1) is 0 Å². The Morgan fingerprint density at radius 1 is 1.17 bits per heavy atom. The molecule has 0 bridgehead atoms. The Hall–Kier alpha value is -2.06.